The quantitative estimate of drug-likeness (QED) is 0.920. The molecule has 1 N–H and O–H groups in total. The lowest BCUT2D eigenvalue weighted by Crippen LogP contribution is -2.20. The Hall–Kier alpha value is -1.78. The van der Waals surface area contributed by atoms with E-state index in [1.165, 1.54) is 18.2 Å². The van der Waals surface area contributed by atoms with E-state index in [0.717, 1.165) is 0 Å². The molecule has 20 heavy (non-hydrogen) atoms. The Kier molecular flexibility index (Phi) is 4.82. The zero-order valence-electron chi connectivity index (χ0n) is 10.2. The van der Waals surface area contributed by atoms with Crippen LogP contribution in [0.5, 0.6) is 5.75 Å². The summed E-state index contributed by atoms with van der Waals surface area (Å²) in [6.45, 7) is -0.185. The molecule has 3 nitrogen and oxygen atoms in total. The molecule has 0 bridgehead atoms. The SMILES string of the molecule is O=C(COc1cccc(Cl)c1)Nc1ccc(F)c(Cl)c1. The summed E-state index contributed by atoms with van der Waals surface area (Å²) in [5, 5.41) is 3.01. The van der Waals surface area contributed by atoms with Crippen molar-refractivity contribution >= 4 is 34.8 Å². The van der Waals surface area contributed by atoms with E-state index in [1.807, 2.05) is 0 Å². The Bertz CT molecular complexity index is 634. The maximum Gasteiger partial charge on any atom is 0.262 e. The van der Waals surface area contributed by atoms with Crippen LogP contribution in [-0.4, -0.2) is 12.5 Å². The largest absolute Gasteiger partial charge is 0.484 e. The highest BCUT2D eigenvalue weighted by Gasteiger charge is 2.06. The van der Waals surface area contributed by atoms with Crippen LogP contribution in [0.3, 0.4) is 0 Å². The van der Waals surface area contributed by atoms with Crippen molar-refractivity contribution in [1.82, 2.24) is 0 Å². The fourth-order valence-electron chi connectivity index (χ4n) is 1.48. The van der Waals surface area contributed by atoms with Crippen molar-refractivity contribution in [2.24, 2.45) is 0 Å². The van der Waals surface area contributed by atoms with Crippen LogP contribution in [0.15, 0.2) is 42.5 Å². The molecule has 6 heteroatoms. The predicted octanol–water partition coefficient (Wildman–Crippen LogP) is 4.15. The van der Waals surface area contributed by atoms with Crippen molar-refractivity contribution in [3.63, 3.8) is 0 Å². The highest BCUT2D eigenvalue weighted by atomic mass is 35.5. The summed E-state index contributed by atoms with van der Waals surface area (Å²) in [4.78, 5) is 11.7. The van der Waals surface area contributed by atoms with E-state index in [9.17, 15) is 9.18 Å². The molecule has 2 aromatic rings. The third kappa shape index (κ3) is 4.11. The van der Waals surface area contributed by atoms with Gasteiger partial charge in [-0.25, -0.2) is 4.39 Å². The number of carbonyl (C=O) groups is 1. The lowest BCUT2D eigenvalue weighted by Gasteiger charge is -2.08. The first-order valence-electron chi connectivity index (χ1n) is 5.68. The van der Waals surface area contributed by atoms with Gasteiger partial charge in [0.1, 0.15) is 11.6 Å². The first kappa shape index (κ1) is 14.6. The monoisotopic (exact) mass is 313 g/mol. The van der Waals surface area contributed by atoms with Crippen LogP contribution >= 0.6 is 23.2 Å². The highest BCUT2D eigenvalue weighted by molar-refractivity contribution is 6.31. The minimum atomic E-state index is -0.542. The average Bonchev–Trinajstić information content (AvgIpc) is 2.41. The van der Waals surface area contributed by atoms with Gasteiger partial charge in [0.25, 0.3) is 5.91 Å². The molecule has 0 spiro atoms. The summed E-state index contributed by atoms with van der Waals surface area (Å²) in [5.74, 6) is -0.433. The topological polar surface area (TPSA) is 38.3 Å². The molecule has 2 rings (SSSR count). The van der Waals surface area contributed by atoms with Crippen molar-refractivity contribution in [2.45, 2.75) is 0 Å². The van der Waals surface area contributed by atoms with Gasteiger partial charge in [-0.3, -0.25) is 4.79 Å². The maximum absolute atomic E-state index is 13.0. The summed E-state index contributed by atoms with van der Waals surface area (Å²) >= 11 is 11.4. The number of amides is 1. The van der Waals surface area contributed by atoms with Crippen LogP contribution in [0.25, 0.3) is 0 Å². The number of ether oxygens (including phenoxy) is 1. The molecule has 0 heterocycles. The summed E-state index contributed by atoms with van der Waals surface area (Å²) in [5.41, 5.74) is 0.399. The minimum Gasteiger partial charge on any atom is -0.484 e. The second-order valence-corrected chi connectivity index (χ2v) is 4.77. The van der Waals surface area contributed by atoms with Crippen molar-refractivity contribution in [3.8, 4) is 5.75 Å². The molecule has 0 saturated carbocycles. The first-order chi connectivity index (χ1) is 9.54. The van der Waals surface area contributed by atoms with E-state index in [2.05, 4.69) is 5.32 Å². The summed E-state index contributed by atoms with van der Waals surface area (Å²) in [6, 6.07) is 10.6. The van der Waals surface area contributed by atoms with E-state index >= 15 is 0 Å². The fourth-order valence-corrected chi connectivity index (χ4v) is 1.84. The lowest BCUT2D eigenvalue weighted by atomic mass is 10.3. The Morgan fingerprint density at radius 1 is 1.20 bits per heavy atom. The van der Waals surface area contributed by atoms with Gasteiger partial charge in [-0.05, 0) is 36.4 Å². The minimum absolute atomic E-state index is 0.0569. The molecular formula is C14H10Cl2FNO2. The predicted molar refractivity (Wildman–Crippen MR) is 77.0 cm³/mol. The van der Waals surface area contributed by atoms with Gasteiger partial charge in [0.15, 0.2) is 6.61 Å². The second-order valence-electron chi connectivity index (χ2n) is 3.92. The molecule has 0 aliphatic heterocycles. The number of rotatable bonds is 4. The van der Waals surface area contributed by atoms with Gasteiger partial charge in [-0.1, -0.05) is 29.3 Å². The van der Waals surface area contributed by atoms with Crippen LogP contribution in [-0.2, 0) is 4.79 Å². The molecule has 104 valence electrons. The van der Waals surface area contributed by atoms with Gasteiger partial charge in [0, 0.05) is 10.7 Å². The smallest absolute Gasteiger partial charge is 0.262 e. The fraction of sp³-hybridized carbons (Fsp3) is 0.0714. The zero-order valence-corrected chi connectivity index (χ0v) is 11.7. The summed E-state index contributed by atoms with van der Waals surface area (Å²) < 4.78 is 18.2. The van der Waals surface area contributed by atoms with E-state index < -0.39 is 5.82 Å². The first-order valence-corrected chi connectivity index (χ1v) is 6.43. The number of hydrogen-bond acceptors (Lipinski definition) is 2. The number of carbonyl (C=O) groups excluding carboxylic acids is 1. The molecule has 0 saturated heterocycles. The molecule has 2 aromatic carbocycles. The van der Waals surface area contributed by atoms with Gasteiger partial charge in [0.05, 0.1) is 5.02 Å². The number of benzene rings is 2. The molecular weight excluding hydrogens is 304 g/mol. The molecule has 0 aromatic heterocycles. The Morgan fingerprint density at radius 3 is 2.70 bits per heavy atom. The molecule has 0 fully saturated rings. The van der Waals surface area contributed by atoms with Crippen LogP contribution in [0, 0.1) is 5.82 Å². The molecule has 0 atom stereocenters. The molecule has 0 radical (unpaired) electrons. The van der Waals surface area contributed by atoms with Crippen LogP contribution < -0.4 is 10.1 Å². The normalized spacial score (nSPS) is 10.2. The standard InChI is InChI=1S/C14H10Cl2FNO2/c15-9-2-1-3-11(6-9)20-8-14(19)18-10-4-5-13(17)12(16)7-10/h1-7H,8H2,(H,18,19). The number of anilines is 1. The molecule has 1 amide bonds. The second kappa shape index (κ2) is 6.59. The van der Waals surface area contributed by atoms with Crippen LogP contribution in [0.1, 0.15) is 0 Å². The van der Waals surface area contributed by atoms with Crippen molar-refractivity contribution in [3.05, 3.63) is 58.3 Å². The van der Waals surface area contributed by atoms with E-state index in [1.54, 1.807) is 24.3 Å². The number of hydrogen-bond donors (Lipinski definition) is 1. The average molecular weight is 314 g/mol. The Balaban J connectivity index is 1.91. The zero-order chi connectivity index (χ0) is 14.5. The third-order valence-corrected chi connectivity index (χ3v) is 2.89. The van der Waals surface area contributed by atoms with E-state index in [-0.39, 0.29) is 17.5 Å². The van der Waals surface area contributed by atoms with Crippen molar-refractivity contribution < 1.29 is 13.9 Å². The van der Waals surface area contributed by atoms with Gasteiger partial charge in [0.2, 0.25) is 0 Å². The maximum atomic E-state index is 13.0. The van der Waals surface area contributed by atoms with Gasteiger partial charge in [-0.2, -0.15) is 0 Å². The summed E-state index contributed by atoms with van der Waals surface area (Å²) in [7, 11) is 0. The Morgan fingerprint density at radius 2 is 2.00 bits per heavy atom. The van der Waals surface area contributed by atoms with Crippen molar-refractivity contribution in [1.29, 1.82) is 0 Å². The van der Waals surface area contributed by atoms with E-state index in [0.29, 0.717) is 16.5 Å². The number of nitrogens with one attached hydrogen (secondary N) is 1. The lowest BCUT2D eigenvalue weighted by molar-refractivity contribution is -0.118. The molecule has 0 aliphatic rings. The molecule has 0 unspecified atom stereocenters. The summed E-state index contributed by atoms with van der Waals surface area (Å²) in [6.07, 6.45) is 0. The Labute approximate surface area is 125 Å². The third-order valence-electron chi connectivity index (χ3n) is 2.37. The van der Waals surface area contributed by atoms with Gasteiger partial charge >= 0.3 is 0 Å². The van der Waals surface area contributed by atoms with Gasteiger partial charge in [-0.15, -0.1) is 0 Å². The van der Waals surface area contributed by atoms with Crippen LogP contribution in [0.2, 0.25) is 10.0 Å². The highest BCUT2D eigenvalue weighted by Crippen LogP contribution is 2.20. The van der Waals surface area contributed by atoms with Crippen LogP contribution in [0.4, 0.5) is 10.1 Å². The van der Waals surface area contributed by atoms with E-state index in [4.69, 9.17) is 27.9 Å². The number of halogens is 3. The molecule has 0 aliphatic carbocycles. The van der Waals surface area contributed by atoms with Gasteiger partial charge < -0.3 is 10.1 Å². The van der Waals surface area contributed by atoms with Crippen molar-refractivity contribution in [2.75, 3.05) is 11.9 Å².